The van der Waals surface area contributed by atoms with Crippen molar-refractivity contribution in [3.63, 3.8) is 0 Å². The highest BCUT2D eigenvalue weighted by Crippen LogP contribution is 2.23. The number of hydrogen-bond donors (Lipinski definition) is 0. The van der Waals surface area contributed by atoms with Gasteiger partial charge in [0.1, 0.15) is 5.78 Å². The predicted octanol–water partition coefficient (Wildman–Crippen LogP) is 1.67. The number of nitrogens with zero attached hydrogens (tertiary/aromatic N) is 1. The molecule has 0 radical (unpaired) electrons. The van der Waals surface area contributed by atoms with Crippen LogP contribution in [0.4, 0.5) is 0 Å². The molecule has 0 spiro atoms. The molecule has 1 aliphatic heterocycles. The van der Waals surface area contributed by atoms with Crippen LogP contribution in [-0.2, 0) is 21.1 Å². The molecule has 4 nitrogen and oxygen atoms in total. The normalized spacial score (nSPS) is 21.9. The summed E-state index contributed by atoms with van der Waals surface area (Å²) < 4.78 is 22.6. The number of carbonyl (C=O) groups excluding carboxylic acids is 1. The SMILES string of the molecule is O=C(Cc1ccncc1Cl)CC1CCS(=O)(=O)C1. The number of aromatic nitrogens is 1. The van der Waals surface area contributed by atoms with Gasteiger partial charge in [-0.3, -0.25) is 9.78 Å². The van der Waals surface area contributed by atoms with E-state index in [1.807, 2.05) is 0 Å². The Hall–Kier alpha value is -0.940. The summed E-state index contributed by atoms with van der Waals surface area (Å²) in [6, 6.07) is 1.71. The van der Waals surface area contributed by atoms with Gasteiger partial charge in [0, 0.05) is 25.2 Å². The van der Waals surface area contributed by atoms with E-state index >= 15 is 0 Å². The number of pyridine rings is 1. The van der Waals surface area contributed by atoms with Crippen molar-refractivity contribution in [1.29, 1.82) is 0 Å². The third-order valence-corrected chi connectivity index (χ3v) is 5.26. The van der Waals surface area contributed by atoms with E-state index in [4.69, 9.17) is 11.6 Å². The minimum atomic E-state index is -2.91. The Kier molecular flexibility index (Phi) is 4.02. The maximum Gasteiger partial charge on any atom is 0.150 e. The van der Waals surface area contributed by atoms with Gasteiger partial charge in [0.2, 0.25) is 0 Å². The van der Waals surface area contributed by atoms with Gasteiger partial charge < -0.3 is 0 Å². The Balaban J connectivity index is 1.92. The van der Waals surface area contributed by atoms with Crippen molar-refractivity contribution in [2.45, 2.75) is 19.3 Å². The van der Waals surface area contributed by atoms with Crippen LogP contribution < -0.4 is 0 Å². The minimum absolute atomic E-state index is 0.0249. The molecule has 0 amide bonds. The maximum atomic E-state index is 11.9. The lowest BCUT2D eigenvalue weighted by molar-refractivity contribution is -0.119. The summed E-state index contributed by atoms with van der Waals surface area (Å²) in [6.07, 6.45) is 4.26. The predicted molar refractivity (Wildman–Crippen MR) is 69.3 cm³/mol. The lowest BCUT2D eigenvalue weighted by Gasteiger charge is -2.07. The first-order chi connectivity index (χ1) is 8.46. The van der Waals surface area contributed by atoms with E-state index in [2.05, 4.69) is 4.98 Å². The third kappa shape index (κ3) is 3.53. The van der Waals surface area contributed by atoms with Gasteiger partial charge in [-0.25, -0.2) is 8.42 Å². The molecule has 1 aromatic rings. The molecule has 0 N–H and O–H groups in total. The van der Waals surface area contributed by atoms with Crippen LogP contribution >= 0.6 is 11.6 Å². The maximum absolute atomic E-state index is 11.9. The molecule has 2 heterocycles. The van der Waals surface area contributed by atoms with Crippen molar-refractivity contribution >= 4 is 27.2 Å². The molecule has 2 rings (SSSR count). The molecular formula is C12H14ClNO3S. The lowest BCUT2D eigenvalue weighted by atomic mass is 9.98. The van der Waals surface area contributed by atoms with Gasteiger partial charge in [-0.2, -0.15) is 0 Å². The van der Waals surface area contributed by atoms with Gasteiger partial charge >= 0.3 is 0 Å². The Morgan fingerprint density at radius 2 is 2.28 bits per heavy atom. The second-order valence-corrected chi connectivity index (χ2v) is 7.29. The van der Waals surface area contributed by atoms with E-state index in [-0.39, 0.29) is 29.6 Å². The summed E-state index contributed by atoms with van der Waals surface area (Å²) in [5.41, 5.74) is 0.748. The number of hydrogen-bond acceptors (Lipinski definition) is 4. The van der Waals surface area contributed by atoms with Gasteiger partial charge in [-0.15, -0.1) is 0 Å². The van der Waals surface area contributed by atoms with Crippen LogP contribution in [0.25, 0.3) is 0 Å². The van der Waals surface area contributed by atoms with E-state index in [0.717, 1.165) is 5.56 Å². The van der Waals surface area contributed by atoms with E-state index in [1.54, 1.807) is 12.3 Å². The molecule has 6 heteroatoms. The molecule has 0 aromatic carbocycles. The van der Waals surface area contributed by atoms with Crippen LogP contribution in [-0.4, -0.2) is 30.7 Å². The largest absolute Gasteiger partial charge is 0.299 e. The number of sulfone groups is 1. The summed E-state index contributed by atoms with van der Waals surface area (Å²) in [4.78, 5) is 15.7. The van der Waals surface area contributed by atoms with Crippen LogP contribution in [0.1, 0.15) is 18.4 Å². The first-order valence-electron chi connectivity index (χ1n) is 5.77. The Morgan fingerprint density at radius 1 is 1.50 bits per heavy atom. The summed E-state index contributed by atoms with van der Waals surface area (Å²) in [7, 11) is -2.91. The van der Waals surface area contributed by atoms with Crippen molar-refractivity contribution in [3.05, 3.63) is 29.0 Å². The van der Waals surface area contributed by atoms with E-state index in [1.165, 1.54) is 6.20 Å². The Labute approximate surface area is 111 Å². The highest BCUT2D eigenvalue weighted by molar-refractivity contribution is 7.91. The molecule has 0 bridgehead atoms. The number of ketones is 1. The number of carbonyl (C=O) groups is 1. The summed E-state index contributed by atoms with van der Waals surface area (Å²) in [5, 5.41) is 0.477. The number of rotatable bonds is 4. The molecule has 1 fully saturated rings. The van der Waals surface area contributed by atoms with Crippen LogP contribution in [0.15, 0.2) is 18.5 Å². The second kappa shape index (κ2) is 5.36. The molecule has 0 aliphatic carbocycles. The molecule has 1 aromatic heterocycles. The standard InChI is InChI=1S/C12H14ClNO3S/c13-12-7-14-3-1-10(12)6-11(15)5-9-2-4-18(16,17)8-9/h1,3,7,9H,2,4-6,8H2. The fourth-order valence-electron chi connectivity index (χ4n) is 2.19. The van der Waals surface area contributed by atoms with Gasteiger partial charge in [0.15, 0.2) is 9.84 Å². The highest BCUT2D eigenvalue weighted by atomic mass is 35.5. The van der Waals surface area contributed by atoms with Crippen LogP contribution in [0.2, 0.25) is 5.02 Å². The smallest absolute Gasteiger partial charge is 0.150 e. The van der Waals surface area contributed by atoms with Gasteiger partial charge in [-0.1, -0.05) is 11.6 Å². The first kappa shape index (κ1) is 13.5. The van der Waals surface area contributed by atoms with Crippen molar-refractivity contribution in [3.8, 4) is 0 Å². The van der Waals surface area contributed by atoms with Crippen molar-refractivity contribution in [2.24, 2.45) is 5.92 Å². The lowest BCUT2D eigenvalue weighted by Crippen LogP contribution is -2.12. The fraction of sp³-hybridized carbons (Fsp3) is 0.500. The topological polar surface area (TPSA) is 64.1 Å². The van der Waals surface area contributed by atoms with E-state index < -0.39 is 9.84 Å². The summed E-state index contributed by atoms with van der Waals surface area (Å²) >= 11 is 5.92. The van der Waals surface area contributed by atoms with Gasteiger partial charge in [0.05, 0.1) is 16.5 Å². The molecule has 1 unspecified atom stereocenters. The number of Topliss-reactive ketones (excluding diaryl/α,β-unsaturated/α-hetero) is 1. The van der Waals surface area contributed by atoms with E-state index in [9.17, 15) is 13.2 Å². The van der Waals surface area contributed by atoms with Crippen LogP contribution in [0.5, 0.6) is 0 Å². The molecular weight excluding hydrogens is 274 g/mol. The summed E-state index contributed by atoms with van der Waals surface area (Å²) in [6.45, 7) is 0. The van der Waals surface area contributed by atoms with Crippen LogP contribution in [0, 0.1) is 5.92 Å². The Bertz CT molecular complexity index is 556. The van der Waals surface area contributed by atoms with Crippen molar-refractivity contribution in [2.75, 3.05) is 11.5 Å². The Morgan fingerprint density at radius 3 is 2.89 bits per heavy atom. The fourth-order valence-corrected chi connectivity index (χ4v) is 4.23. The average molecular weight is 288 g/mol. The minimum Gasteiger partial charge on any atom is -0.299 e. The molecule has 1 aliphatic rings. The molecule has 1 saturated heterocycles. The molecule has 1 atom stereocenters. The van der Waals surface area contributed by atoms with E-state index in [0.29, 0.717) is 17.9 Å². The quantitative estimate of drug-likeness (QED) is 0.845. The molecule has 18 heavy (non-hydrogen) atoms. The van der Waals surface area contributed by atoms with Crippen LogP contribution in [0.3, 0.4) is 0 Å². The van der Waals surface area contributed by atoms with Crippen molar-refractivity contribution < 1.29 is 13.2 Å². The molecule has 0 saturated carbocycles. The zero-order valence-corrected chi connectivity index (χ0v) is 11.4. The highest BCUT2D eigenvalue weighted by Gasteiger charge is 2.29. The zero-order valence-electron chi connectivity index (χ0n) is 9.80. The second-order valence-electron chi connectivity index (χ2n) is 4.66. The molecule has 98 valence electrons. The third-order valence-electron chi connectivity index (χ3n) is 3.09. The average Bonchev–Trinajstić information content (AvgIpc) is 2.61. The van der Waals surface area contributed by atoms with Gasteiger partial charge in [-0.05, 0) is 24.0 Å². The monoisotopic (exact) mass is 287 g/mol. The van der Waals surface area contributed by atoms with Crippen molar-refractivity contribution in [1.82, 2.24) is 4.98 Å². The van der Waals surface area contributed by atoms with Gasteiger partial charge in [0.25, 0.3) is 0 Å². The zero-order chi connectivity index (χ0) is 13.2. The number of halogens is 1. The summed E-state index contributed by atoms with van der Waals surface area (Å²) in [5.74, 6) is 0.359. The first-order valence-corrected chi connectivity index (χ1v) is 7.97.